The summed E-state index contributed by atoms with van der Waals surface area (Å²) in [4.78, 5) is 12.5. The standard InChI is InChI=1S/C8H13NO2/c1-5-6-11-8(10)7(2)9(3)4/h5H,1-2,6H2,3-4H3. The number of esters is 1. The molecule has 62 valence electrons. The Bertz CT molecular complexity index is 173. The van der Waals surface area contributed by atoms with E-state index in [1.165, 1.54) is 6.08 Å². The molecule has 0 unspecified atom stereocenters. The summed E-state index contributed by atoms with van der Waals surface area (Å²) in [5.74, 6) is -0.408. The minimum Gasteiger partial charge on any atom is -0.457 e. The molecule has 0 heterocycles. The van der Waals surface area contributed by atoms with E-state index in [1.54, 1.807) is 19.0 Å². The quantitative estimate of drug-likeness (QED) is 0.341. The van der Waals surface area contributed by atoms with Crippen molar-refractivity contribution in [3.05, 3.63) is 24.9 Å². The highest BCUT2D eigenvalue weighted by Gasteiger charge is 2.08. The second kappa shape index (κ2) is 4.55. The van der Waals surface area contributed by atoms with Gasteiger partial charge in [-0.25, -0.2) is 4.79 Å². The first-order valence-electron chi connectivity index (χ1n) is 3.24. The van der Waals surface area contributed by atoms with E-state index in [4.69, 9.17) is 4.74 Å². The Morgan fingerprint density at radius 3 is 2.55 bits per heavy atom. The molecule has 3 heteroatoms. The van der Waals surface area contributed by atoms with E-state index in [-0.39, 0.29) is 6.61 Å². The van der Waals surface area contributed by atoms with Gasteiger partial charge in [0.05, 0.1) is 0 Å². The van der Waals surface area contributed by atoms with Crippen LogP contribution in [0.15, 0.2) is 24.9 Å². The molecule has 3 nitrogen and oxygen atoms in total. The van der Waals surface area contributed by atoms with Crippen LogP contribution in [0.4, 0.5) is 0 Å². The van der Waals surface area contributed by atoms with Gasteiger partial charge < -0.3 is 9.64 Å². The number of hydrogen-bond donors (Lipinski definition) is 0. The number of carbonyl (C=O) groups is 1. The third kappa shape index (κ3) is 3.45. The van der Waals surface area contributed by atoms with E-state index < -0.39 is 5.97 Å². The van der Waals surface area contributed by atoms with Crippen molar-refractivity contribution in [2.75, 3.05) is 20.7 Å². The summed E-state index contributed by atoms with van der Waals surface area (Å²) in [6.07, 6.45) is 1.51. The summed E-state index contributed by atoms with van der Waals surface area (Å²) in [5, 5.41) is 0. The molecule has 0 N–H and O–H groups in total. The second-order valence-electron chi connectivity index (χ2n) is 2.23. The molecule has 0 aromatic carbocycles. The number of nitrogens with zero attached hydrogens (tertiary/aromatic N) is 1. The maximum atomic E-state index is 10.9. The Balaban J connectivity index is 3.83. The van der Waals surface area contributed by atoms with Crippen molar-refractivity contribution in [1.82, 2.24) is 4.90 Å². The highest BCUT2D eigenvalue weighted by molar-refractivity contribution is 5.86. The highest BCUT2D eigenvalue weighted by atomic mass is 16.5. The molecule has 0 amide bonds. The molecule has 0 aliphatic heterocycles. The van der Waals surface area contributed by atoms with Gasteiger partial charge in [0, 0.05) is 14.1 Å². The third-order valence-electron chi connectivity index (χ3n) is 1.11. The smallest absolute Gasteiger partial charge is 0.354 e. The Morgan fingerprint density at radius 1 is 1.64 bits per heavy atom. The van der Waals surface area contributed by atoms with E-state index in [1.807, 2.05) is 0 Å². The van der Waals surface area contributed by atoms with Crippen molar-refractivity contribution in [2.45, 2.75) is 0 Å². The van der Waals surface area contributed by atoms with Crippen LogP contribution < -0.4 is 0 Å². The molecule has 0 radical (unpaired) electrons. The lowest BCUT2D eigenvalue weighted by molar-refractivity contribution is -0.139. The number of hydrogen-bond acceptors (Lipinski definition) is 3. The first kappa shape index (κ1) is 9.75. The fourth-order valence-corrected chi connectivity index (χ4v) is 0.400. The normalized spacial score (nSPS) is 8.55. The molecule has 0 bridgehead atoms. The SMILES string of the molecule is C=CCOC(=O)C(=C)N(C)C. The lowest BCUT2D eigenvalue weighted by atomic mass is 10.4. The van der Waals surface area contributed by atoms with Gasteiger partial charge in [0.25, 0.3) is 0 Å². The largest absolute Gasteiger partial charge is 0.457 e. The van der Waals surface area contributed by atoms with Crippen LogP contribution in [0, 0.1) is 0 Å². The number of rotatable bonds is 4. The Morgan fingerprint density at radius 2 is 2.18 bits per heavy atom. The minimum atomic E-state index is -0.408. The molecule has 0 aliphatic carbocycles. The van der Waals surface area contributed by atoms with Crippen LogP contribution in [0.2, 0.25) is 0 Å². The van der Waals surface area contributed by atoms with Gasteiger partial charge in [0.15, 0.2) is 0 Å². The van der Waals surface area contributed by atoms with Gasteiger partial charge in [-0.2, -0.15) is 0 Å². The predicted molar refractivity (Wildman–Crippen MR) is 44.0 cm³/mol. The van der Waals surface area contributed by atoms with Crippen LogP contribution in [-0.2, 0) is 9.53 Å². The Labute approximate surface area is 66.9 Å². The van der Waals surface area contributed by atoms with Gasteiger partial charge in [-0.05, 0) is 0 Å². The van der Waals surface area contributed by atoms with Crippen LogP contribution in [-0.4, -0.2) is 31.6 Å². The zero-order valence-corrected chi connectivity index (χ0v) is 6.96. The van der Waals surface area contributed by atoms with E-state index in [0.717, 1.165) is 0 Å². The average molecular weight is 155 g/mol. The third-order valence-corrected chi connectivity index (χ3v) is 1.11. The summed E-state index contributed by atoms with van der Waals surface area (Å²) in [5.41, 5.74) is 0.340. The van der Waals surface area contributed by atoms with Gasteiger partial charge in [0.2, 0.25) is 0 Å². The average Bonchev–Trinajstić information content (AvgIpc) is 1.98. The van der Waals surface area contributed by atoms with Crippen molar-refractivity contribution in [3.63, 3.8) is 0 Å². The molecule has 0 rings (SSSR count). The topological polar surface area (TPSA) is 29.5 Å². The number of likely N-dealkylation sites (N-methyl/N-ethyl adjacent to an activating group) is 1. The van der Waals surface area contributed by atoms with Gasteiger partial charge in [-0.15, -0.1) is 0 Å². The molecule has 0 aromatic heterocycles. The molecule has 0 atom stereocenters. The monoisotopic (exact) mass is 155 g/mol. The number of carbonyl (C=O) groups excluding carboxylic acids is 1. The molecule has 0 saturated carbocycles. The predicted octanol–water partition coefficient (Wildman–Crippen LogP) is 0.791. The molecule has 0 fully saturated rings. The zero-order chi connectivity index (χ0) is 8.85. The van der Waals surface area contributed by atoms with E-state index in [2.05, 4.69) is 13.2 Å². The molecule has 0 aliphatic rings. The lowest BCUT2D eigenvalue weighted by Crippen LogP contribution is -2.20. The molecule has 0 spiro atoms. The van der Waals surface area contributed by atoms with Crippen LogP contribution in [0.1, 0.15) is 0 Å². The zero-order valence-electron chi connectivity index (χ0n) is 6.96. The van der Waals surface area contributed by atoms with Crippen LogP contribution in [0.25, 0.3) is 0 Å². The van der Waals surface area contributed by atoms with Gasteiger partial charge in [-0.3, -0.25) is 0 Å². The van der Waals surface area contributed by atoms with Gasteiger partial charge in [-0.1, -0.05) is 19.2 Å². The highest BCUT2D eigenvalue weighted by Crippen LogP contribution is 1.96. The van der Waals surface area contributed by atoms with Crippen LogP contribution >= 0.6 is 0 Å². The van der Waals surface area contributed by atoms with Crippen molar-refractivity contribution in [1.29, 1.82) is 0 Å². The summed E-state index contributed by atoms with van der Waals surface area (Å²) >= 11 is 0. The Hall–Kier alpha value is -1.25. The maximum Gasteiger partial charge on any atom is 0.354 e. The van der Waals surface area contributed by atoms with Crippen LogP contribution in [0.5, 0.6) is 0 Å². The molecular weight excluding hydrogens is 142 g/mol. The summed E-state index contributed by atoms with van der Waals surface area (Å²) < 4.78 is 4.72. The van der Waals surface area contributed by atoms with Crippen molar-refractivity contribution in [2.24, 2.45) is 0 Å². The molecule has 0 aromatic rings. The fourth-order valence-electron chi connectivity index (χ4n) is 0.400. The number of ether oxygens (including phenoxy) is 1. The van der Waals surface area contributed by atoms with E-state index in [0.29, 0.717) is 5.70 Å². The first-order valence-corrected chi connectivity index (χ1v) is 3.24. The van der Waals surface area contributed by atoms with Crippen molar-refractivity contribution >= 4 is 5.97 Å². The van der Waals surface area contributed by atoms with Gasteiger partial charge >= 0.3 is 5.97 Å². The van der Waals surface area contributed by atoms with Crippen LogP contribution in [0.3, 0.4) is 0 Å². The summed E-state index contributed by atoms with van der Waals surface area (Å²) in [6.45, 7) is 7.17. The molecular formula is C8H13NO2. The van der Waals surface area contributed by atoms with Crippen molar-refractivity contribution < 1.29 is 9.53 Å². The van der Waals surface area contributed by atoms with Gasteiger partial charge in [0.1, 0.15) is 12.3 Å². The van der Waals surface area contributed by atoms with Crippen molar-refractivity contribution in [3.8, 4) is 0 Å². The summed E-state index contributed by atoms with van der Waals surface area (Å²) in [7, 11) is 3.47. The lowest BCUT2D eigenvalue weighted by Gasteiger charge is -2.13. The first-order chi connectivity index (χ1) is 5.09. The second-order valence-corrected chi connectivity index (χ2v) is 2.23. The minimum absolute atomic E-state index is 0.228. The molecule has 11 heavy (non-hydrogen) atoms. The Kier molecular flexibility index (Phi) is 4.03. The van der Waals surface area contributed by atoms with E-state index in [9.17, 15) is 4.79 Å². The fraction of sp³-hybridized carbons (Fsp3) is 0.375. The summed E-state index contributed by atoms with van der Waals surface area (Å²) in [6, 6.07) is 0. The van der Waals surface area contributed by atoms with E-state index >= 15 is 0 Å². The molecule has 0 saturated heterocycles. The maximum absolute atomic E-state index is 10.9.